The van der Waals surface area contributed by atoms with Gasteiger partial charge >= 0.3 is 0 Å². The normalized spacial score (nSPS) is 22.9. The van der Waals surface area contributed by atoms with Gasteiger partial charge in [0.05, 0.1) is 0 Å². The maximum atomic E-state index is 6.25. The lowest BCUT2D eigenvalue weighted by molar-refractivity contribution is 0.229. The van der Waals surface area contributed by atoms with Crippen molar-refractivity contribution >= 4 is 11.6 Å². The van der Waals surface area contributed by atoms with E-state index < -0.39 is 0 Å². The van der Waals surface area contributed by atoms with Crippen LogP contribution >= 0.6 is 11.6 Å². The highest BCUT2D eigenvalue weighted by molar-refractivity contribution is 6.28. The highest BCUT2D eigenvalue weighted by atomic mass is 35.5. The van der Waals surface area contributed by atoms with Crippen LogP contribution in [0.5, 0.6) is 0 Å². The third kappa shape index (κ3) is 2.73. The standard InChI is InChI=1S/C16H20ClN3/c1-12-7-5-6-10-14(12)11-20-15(18-19-16(20)17)13-8-3-2-4-9-13/h2-4,8-9,12,14H,5-7,10-11H2,1H3. The summed E-state index contributed by atoms with van der Waals surface area (Å²) in [5.41, 5.74) is 1.08. The lowest BCUT2D eigenvalue weighted by Crippen LogP contribution is -2.22. The van der Waals surface area contributed by atoms with Gasteiger partial charge < -0.3 is 0 Å². The maximum absolute atomic E-state index is 6.25. The Kier molecular flexibility index (Phi) is 4.06. The first-order valence-electron chi connectivity index (χ1n) is 7.40. The molecule has 4 heteroatoms. The predicted molar refractivity (Wildman–Crippen MR) is 81.6 cm³/mol. The van der Waals surface area contributed by atoms with Crippen LogP contribution < -0.4 is 0 Å². The second kappa shape index (κ2) is 5.96. The Balaban J connectivity index is 1.88. The van der Waals surface area contributed by atoms with Crippen LogP contribution in [0.25, 0.3) is 11.4 Å². The van der Waals surface area contributed by atoms with Crippen LogP contribution in [0.3, 0.4) is 0 Å². The van der Waals surface area contributed by atoms with Gasteiger partial charge in [-0.15, -0.1) is 10.2 Å². The monoisotopic (exact) mass is 289 g/mol. The van der Waals surface area contributed by atoms with E-state index in [0.29, 0.717) is 11.2 Å². The Morgan fingerprint density at radius 2 is 1.90 bits per heavy atom. The minimum Gasteiger partial charge on any atom is -0.297 e. The highest BCUT2D eigenvalue weighted by Crippen LogP contribution is 2.32. The summed E-state index contributed by atoms with van der Waals surface area (Å²) < 4.78 is 2.07. The summed E-state index contributed by atoms with van der Waals surface area (Å²) in [5.74, 6) is 2.32. The van der Waals surface area contributed by atoms with Crippen LogP contribution in [0.2, 0.25) is 5.28 Å². The van der Waals surface area contributed by atoms with Gasteiger partial charge in [0.25, 0.3) is 0 Å². The van der Waals surface area contributed by atoms with Crippen LogP contribution in [0.15, 0.2) is 30.3 Å². The minimum atomic E-state index is 0.502. The number of halogens is 1. The van der Waals surface area contributed by atoms with Crippen molar-refractivity contribution in [2.75, 3.05) is 0 Å². The lowest BCUT2D eigenvalue weighted by Gasteiger charge is -2.29. The molecular weight excluding hydrogens is 270 g/mol. The van der Waals surface area contributed by atoms with E-state index in [-0.39, 0.29) is 0 Å². The smallest absolute Gasteiger partial charge is 0.225 e. The molecule has 3 rings (SSSR count). The second-order valence-corrected chi connectivity index (χ2v) is 6.13. The Hall–Kier alpha value is -1.35. The molecule has 1 aliphatic carbocycles. The molecule has 1 aromatic carbocycles. The van der Waals surface area contributed by atoms with Gasteiger partial charge in [0.15, 0.2) is 5.82 Å². The number of nitrogens with zero attached hydrogens (tertiary/aromatic N) is 3. The fourth-order valence-corrected chi connectivity index (χ4v) is 3.33. The number of benzene rings is 1. The first kappa shape index (κ1) is 13.6. The quantitative estimate of drug-likeness (QED) is 0.837. The summed E-state index contributed by atoms with van der Waals surface area (Å²) >= 11 is 6.25. The van der Waals surface area contributed by atoms with E-state index in [2.05, 4.69) is 33.8 Å². The fourth-order valence-electron chi connectivity index (χ4n) is 3.15. The van der Waals surface area contributed by atoms with Crippen molar-refractivity contribution < 1.29 is 0 Å². The van der Waals surface area contributed by atoms with Gasteiger partial charge in [-0.05, 0) is 29.9 Å². The number of rotatable bonds is 3. The van der Waals surface area contributed by atoms with Gasteiger partial charge in [0.2, 0.25) is 5.28 Å². The zero-order chi connectivity index (χ0) is 13.9. The maximum Gasteiger partial charge on any atom is 0.225 e. The van der Waals surface area contributed by atoms with Crippen molar-refractivity contribution in [3.05, 3.63) is 35.6 Å². The molecule has 1 aromatic heterocycles. The summed E-state index contributed by atoms with van der Waals surface area (Å²) in [6.07, 6.45) is 5.30. The van der Waals surface area contributed by atoms with Crippen LogP contribution in [-0.4, -0.2) is 14.8 Å². The molecule has 0 bridgehead atoms. The summed E-state index contributed by atoms with van der Waals surface area (Å²) in [5, 5.41) is 8.82. The molecule has 0 amide bonds. The molecule has 20 heavy (non-hydrogen) atoms. The zero-order valence-electron chi connectivity index (χ0n) is 11.8. The van der Waals surface area contributed by atoms with Crippen molar-refractivity contribution in [3.8, 4) is 11.4 Å². The highest BCUT2D eigenvalue weighted by Gasteiger charge is 2.24. The molecule has 1 saturated carbocycles. The number of hydrogen-bond acceptors (Lipinski definition) is 2. The minimum absolute atomic E-state index is 0.502. The third-order valence-corrected chi connectivity index (χ3v) is 4.72. The van der Waals surface area contributed by atoms with Crippen LogP contribution in [0, 0.1) is 11.8 Å². The zero-order valence-corrected chi connectivity index (χ0v) is 12.6. The Morgan fingerprint density at radius 3 is 2.65 bits per heavy atom. The molecule has 0 N–H and O–H groups in total. The molecule has 2 atom stereocenters. The first-order chi connectivity index (χ1) is 9.75. The topological polar surface area (TPSA) is 30.7 Å². The average molecular weight is 290 g/mol. The lowest BCUT2D eigenvalue weighted by atomic mass is 9.80. The van der Waals surface area contributed by atoms with Crippen molar-refractivity contribution in [3.63, 3.8) is 0 Å². The molecule has 106 valence electrons. The molecule has 0 aliphatic heterocycles. The van der Waals surface area contributed by atoms with Gasteiger partial charge in [-0.2, -0.15) is 0 Å². The van der Waals surface area contributed by atoms with E-state index >= 15 is 0 Å². The molecular formula is C16H20ClN3. The summed E-state index contributed by atoms with van der Waals surface area (Å²) in [6, 6.07) is 10.2. The van der Waals surface area contributed by atoms with Crippen molar-refractivity contribution in [1.29, 1.82) is 0 Å². The second-order valence-electron chi connectivity index (χ2n) is 5.79. The van der Waals surface area contributed by atoms with E-state index in [1.54, 1.807) is 0 Å². The van der Waals surface area contributed by atoms with Crippen molar-refractivity contribution in [2.24, 2.45) is 11.8 Å². The molecule has 0 spiro atoms. The van der Waals surface area contributed by atoms with E-state index in [9.17, 15) is 0 Å². The Bertz CT molecular complexity index is 564. The van der Waals surface area contributed by atoms with Gasteiger partial charge in [-0.3, -0.25) is 4.57 Å². The first-order valence-corrected chi connectivity index (χ1v) is 7.77. The van der Waals surface area contributed by atoms with Crippen LogP contribution in [-0.2, 0) is 6.54 Å². The SMILES string of the molecule is CC1CCCCC1Cn1c(Cl)nnc1-c1ccccc1. The van der Waals surface area contributed by atoms with Crippen molar-refractivity contribution in [2.45, 2.75) is 39.2 Å². The number of hydrogen-bond donors (Lipinski definition) is 0. The van der Waals surface area contributed by atoms with Gasteiger partial charge in [0.1, 0.15) is 0 Å². The largest absolute Gasteiger partial charge is 0.297 e. The van der Waals surface area contributed by atoms with Crippen LogP contribution in [0.1, 0.15) is 32.6 Å². The van der Waals surface area contributed by atoms with E-state index in [4.69, 9.17) is 11.6 Å². The fraction of sp³-hybridized carbons (Fsp3) is 0.500. The summed E-state index contributed by atoms with van der Waals surface area (Å²) in [7, 11) is 0. The molecule has 1 fully saturated rings. The molecule has 1 heterocycles. The Morgan fingerprint density at radius 1 is 1.15 bits per heavy atom. The molecule has 1 aliphatic rings. The molecule has 2 unspecified atom stereocenters. The van der Waals surface area contributed by atoms with Gasteiger partial charge in [-0.25, -0.2) is 0 Å². The van der Waals surface area contributed by atoms with Gasteiger partial charge in [0, 0.05) is 12.1 Å². The summed E-state index contributed by atoms with van der Waals surface area (Å²) in [6.45, 7) is 3.28. The van der Waals surface area contributed by atoms with E-state index in [0.717, 1.165) is 23.9 Å². The Labute approximate surface area is 125 Å². The number of aromatic nitrogens is 3. The molecule has 0 saturated heterocycles. The van der Waals surface area contributed by atoms with E-state index in [1.165, 1.54) is 25.7 Å². The average Bonchev–Trinajstić information content (AvgIpc) is 2.84. The van der Waals surface area contributed by atoms with Gasteiger partial charge in [-0.1, -0.05) is 56.5 Å². The molecule has 0 radical (unpaired) electrons. The molecule has 3 nitrogen and oxygen atoms in total. The summed E-state index contributed by atoms with van der Waals surface area (Å²) in [4.78, 5) is 0. The predicted octanol–water partition coefficient (Wildman–Crippen LogP) is 4.42. The van der Waals surface area contributed by atoms with Crippen LogP contribution in [0.4, 0.5) is 0 Å². The van der Waals surface area contributed by atoms with E-state index in [1.807, 2.05) is 18.2 Å². The third-order valence-electron chi connectivity index (χ3n) is 4.44. The molecule has 2 aromatic rings. The van der Waals surface area contributed by atoms with Crippen molar-refractivity contribution in [1.82, 2.24) is 14.8 Å².